The lowest BCUT2D eigenvalue weighted by molar-refractivity contribution is 0.0939. The molecule has 5 heteroatoms. The van der Waals surface area contributed by atoms with Crippen LogP contribution < -0.4 is 14.8 Å². The summed E-state index contributed by atoms with van der Waals surface area (Å²) in [7, 11) is 2.96. The predicted molar refractivity (Wildman–Crippen MR) is 86.6 cm³/mol. The molecule has 1 atom stereocenters. The Morgan fingerprint density at radius 2 is 1.74 bits per heavy atom. The quantitative estimate of drug-likeness (QED) is 0.916. The molecule has 0 aromatic heterocycles. The summed E-state index contributed by atoms with van der Waals surface area (Å²) in [5, 5.41) is 2.85. The number of halogens is 1. The number of carbonyl (C=O) groups excluding carboxylic acids is 1. The molecule has 0 spiro atoms. The van der Waals surface area contributed by atoms with Crippen LogP contribution in [0.1, 0.15) is 34.5 Å². The number of methoxy groups -OCH3 is 2. The van der Waals surface area contributed by atoms with Gasteiger partial charge < -0.3 is 14.8 Å². The average molecular weight is 317 g/mol. The molecule has 0 unspecified atom stereocenters. The Labute approximate surface area is 135 Å². The third-order valence-corrected chi connectivity index (χ3v) is 3.61. The number of carbonyl (C=O) groups is 1. The van der Waals surface area contributed by atoms with E-state index in [-0.39, 0.29) is 23.3 Å². The van der Waals surface area contributed by atoms with Gasteiger partial charge in [0.05, 0.1) is 20.3 Å². The zero-order chi connectivity index (χ0) is 17.0. The summed E-state index contributed by atoms with van der Waals surface area (Å²) < 4.78 is 23.9. The SMILES string of the molecule is COc1ccc(C(=O)N[C@H](C)c2cc(C)ccc2OC)cc1F. The van der Waals surface area contributed by atoms with Crippen molar-refractivity contribution in [1.29, 1.82) is 0 Å². The molecular weight excluding hydrogens is 297 g/mol. The molecule has 0 aliphatic rings. The van der Waals surface area contributed by atoms with Gasteiger partial charge in [-0.2, -0.15) is 0 Å². The van der Waals surface area contributed by atoms with Gasteiger partial charge in [-0.1, -0.05) is 17.7 Å². The molecule has 0 radical (unpaired) electrons. The highest BCUT2D eigenvalue weighted by Crippen LogP contribution is 2.26. The number of ether oxygens (including phenoxy) is 2. The van der Waals surface area contributed by atoms with Crippen LogP contribution in [-0.4, -0.2) is 20.1 Å². The van der Waals surface area contributed by atoms with E-state index in [4.69, 9.17) is 9.47 Å². The first-order chi connectivity index (χ1) is 11.0. The minimum Gasteiger partial charge on any atom is -0.496 e. The maximum Gasteiger partial charge on any atom is 0.251 e. The van der Waals surface area contributed by atoms with Crippen LogP contribution in [0.4, 0.5) is 4.39 Å². The molecule has 0 saturated carbocycles. The van der Waals surface area contributed by atoms with E-state index >= 15 is 0 Å². The van der Waals surface area contributed by atoms with Crippen LogP contribution in [0.3, 0.4) is 0 Å². The molecule has 0 fully saturated rings. The second kappa shape index (κ2) is 7.13. The monoisotopic (exact) mass is 317 g/mol. The zero-order valence-electron chi connectivity index (χ0n) is 13.6. The highest BCUT2D eigenvalue weighted by molar-refractivity contribution is 5.94. The van der Waals surface area contributed by atoms with Crippen molar-refractivity contribution in [2.24, 2.45) is 0 Å². The van der Waals surface area contributed by atoms with Crippen molar-refractivity contribution in [1.82, 2.24) is 5.32 Å². The highest BCUT2D eigenvalue weighted by Gasteiger charge is 2.16. The van der Waals surface area contributed by atoms with Crippen LogP contribution >= 0.6 is 0 Å². The van der Waals surface area contributed by atoms with E-state index in [1.807, 2.05) is 32.0 Å². The van der Waals surface area contributed by atoms with Crippen LogP contribution in [-0.2, 0) is 0 Å². The third-order valence-electron chi connectivity index (χ3n) is 3.61. The molecule has 2 aromatic rings. The topological polar surface area (TPSA) is 47.6 Å². The fourth-order valence-electron chi connectivity index (χ4n) is 2.36. The normalized spacial score (nSPS) is 11.7. The summed E-state index contributed by atoms with van der Waals surface area (Å²) in [6.45, 7) is 3.82. The standard InChI is InChI=1S/C18H20FNO3/c1-11-5-7-16(22-3)14(9-11)12(2)20-18(21)13-6-8-17(23-4)15(19)10-13/h5-10,12H,1-4H3,(H,20,21)/t12-/m1/s1. The first kappa shape index (κ1) is 16.8. The van der Waals surface area contributed by atoms with Crippen molar-refractivity contribution >= 4 is 5.91 Å². The molecular formula is C18H20FNO3. The minimum atomic E-state index is -0.569. The number of aryl methyl sites for hydroxylation is 1. The lowest BCUT2D eigenvalue weighted by Crippen LogP contribution is -2.27. The zero-order valence-corrected chi connectivity index (χ0v) is 13.6. The maximum atomic E-state index is 13.7. The van der Waals surface area contributed by atoms with Gasteiger partial charge in [-0.05, 0) is 38.1 Å². The Morgan fingerprint density at radius 1 is 1.09 bits per heavy atom. The Morgan fingerprint density at radius 3 is 2.35 bits per heavy atom. The molecule has 1 N–H and O–H groups in total. The Balaban J connectivity index is 2.20. The van der Waals surface area contributed by atoms with E-state index in [1.54, 1.807) is 7.11 Å². The van der Waals surface area contributed by atoms with Crippen molar-refractivity contribution in [2.45, 2.75) is 19.9 Å². The second-order valence-corrected chi connectivity index (χ2v) is 5.29. The number of benzene rings is 2. The molecule has 4 nitrogen and oxygen atoms in total. The Hall–Kier alpha value is -2.56. The van der Waals surface area contributed by atoms with Gasteiger partial charge >= 0.3 is 0 Å². The van der Waals surface area contributed by atoms with Crippen molar-refractivity contribution in [3.05, 3.63) is 58.9 Å². The van der Waals surface area contributed by atoms with Crippen molar-refractivity contribution in [3.63, 3.8) is 0 Å². The summed E-state index contributed by atoms with van der Waals surface area (Å²) in [6, 6.07) is 9.60. The summed E-state index contributed by atoms with van der Waals surface area (Å²) in [5.41, 5.74) is 2.17. The fraction of sp³-hybridized carbons (Fsp3) is 0.278. The van der Waals surface area contributed by atoms with Gasteiger partial charge in [0.1, 0.15) is 5.75 Å². The molecule has 0 aliphatic heterocycles. The molecule has 2 aromatic carbocycles. The third kappa shape index (κ3) is 3.80. The Bertz CT molecular complexity index is 715. The molecule has 2 rings (SSSR count). The van der Waals surface area contributed by atoms with Crippen LogP contribution in [0, 0.1) is 12.7 Å². The molecule has 0 saturated heterocycles. The van der Waals surface area contributed by atoms with Gasteiger partial charge in [-0.25, -0.2) is 4.39 Å². The van der Waals surface area contributed by atoms with E-state index in [0.717, 1.165) is 17.2 Å². The van der Waals surface area contributed by atoms with E-state index in [9.17, 15) is 9.18 Å². The van der Waals surface area contributed by atoms with Crippen molar-refractivity contribution < 1.29 is 18.7 Å². The fourth-order valence-corrected chi connectivity index (χ4v) is 2.36. The number of rotatable bonds is 5. The molecule has 0 bridgehead atoms. The van der Waals surface area contributed by atoms with Crippen LogP contribution in [0.15, 0.2) is 36.4 Å². The number of hydrogen-bond donors (Lipinski definition) is 1. The van der Waals surface area contributed by atoms with Crippen LogP contribution in [0.25, 0.3) is 0 Å². The second-order valence-electron chi connectivity index (χ2n) is 5.29. The van der Waals surface area contributed by atoms with E-state index in [1.165, 1.54) is 19.2 Å². The molecule has 23 heavy (non-hydrogen) atoms. The number of nitrogens with one attached hydrogen (secondary N) is 1. The first-order valence-corrected chi connectivity index (χ1v) is 7.25. The lowest BCUT2D eigenvalue weighted by Gasteiger charge is -2.18. The molecule has 0 heterocycles. The van der Waals surface area contributed by atoms with Crippen molar-refractivity contribution in [3.8, 4) is 11.5 Å². The highest BCUT2D eigenvalue weighted by atomic mass is 19.1. The number of hydrogen-bond acceptors (Lipinski definition) is 3. The van der Waals surface area contributed by atoms with E-state index in [0.29, 0.717) is 5.75 Å². The van der Waals surface area contributed by atoms with Gasteiger partial charge in [0.2, 0.25) is 0 Å². The van der Waals surface area contributed by atoms with Gasteiger partial charge in [0, 0.05) is 11.1 Å². The van der Waals surface area contributed by atoms with Crippen LogP contribution in [0.2, 0.25) is 0 Å². The first-order valence-electron chi connectivity index (χ1n) is 7.25. The van der Waals surface area contributed by atoms with E-state index < -0.39 is 5.82 Å². The van der Waals surface area contributed by atoms with Gasteiger partial charge in [0.25, 0.3) is 5.91 Å². The van der Waals surface area contributed by atoms with Crippen molar-refractivity contribution in [2.75, 3.05) is 14.2 Å². The Kier molecular flexibility index (Phi) is 5.21. The summed E-state index contributed by atoms with van der Waals surface area (Å²) >= 11 is 0. The molecule has 1 amide bonds. The summed E-state index contributed by atoms with van der Waals surface area (Å²) in [4.78, 5) is 12.3. The largest absolute Gasteiger partial charge is 0.496 e. The van der Waals surface area contributed by atoms with Gasteiger partial charge in [-0.3, -0.25) is 4.79 Å². The smallest absolute Gasteiger partial charge is 0.251 e. The minimum absolute atomic E-state index is 0.106. The maximum absolute atomic E-state index is 13.7. The van der Waals surface area contributed by atoms with E-state index in [2.05, 4.69) is 5.32 Å². The predicted octanol–water partition coefficient (Wildman–Crippen LogP) is 3.64. The summed E-state index contributed by atoms with van der Waals surface area (Å²) in [5.74, 6) is -0.122. The van der Waals surface area contributed by atoms with Gasteiger partial charge in [0.15, 0.2) is 11.6 Å². The average Bonchev–Trinajstić information content (AvgIpc) is 2.54. The van der Waals surface area contributed by atoms with Gasteiger partial charge in [-0.15, -0.1) is 0 Å². The molecule has 0 aliphatic carbocycles. The molecule has 122 valence electrons. The summed E-state index contributed by atoms with van der Waals surface area (Å²) in [6.07, 6.45) is 0. The lowest BCUT2D eigenvalue weighted by atomic mass is 10.0. The van der Waals surface area contributed by atoms with Crippen LogP contribution in [0.5, 0.6) is 11.5 Å². The number of amides is 1.